The fourth-order valence-electron chi connectivity index (χ4n) is 1.43. The van der Waals surface area contributed by atoms with Crippen molar-refractivity contribution < 1.29 is 19.1 Å². The van der Waals surface area contributed by atoms with Gasteiger partial charge in [0.15, 0.2) is 0 Å². The van der Waals surface area contributed by atoms with Gasteiger partial charge in [-0.25, -0.2) is 4.79 Å². The van der Waals surface area contributed by atoms with Crippen LogP contribution in [0.3, 0.4) is 0 Å². The Morgan fingerprint density at radius 2 is 1.89 bits per heavy atom. The van der Waals surface area contributed by atoms with Crippen LogP contribution in [0.25, 0.3) is 0 Å². The van der Waals surface area contributed by atoms with E-state index in [1.807, 2.05) is 12.1 Å². The van der Waals surface area contributed by atoms with E-state index in [9.17, 15) is 9.59 Å². The van der Waals surface area contributed by atoms with Crippen LogP contribution >= 0.6 is 0 Å². The fourth-order valence-corrected chi connectivity index (χ4v) is 1.43. The summed E-state index contributed by atoms with van der Waals surface area (Å²) < 4.78 is 9.59. The van der Waals surface area contributed by atoms with Gasteiger partial charge in [-0.15, -0.1) is 0 Å². The highest BCUT2D eigenvalue weighted by molar-refractivity contribution is 5.89. The Balaban J connectivity index is 2.13. The Hall–Kier alpha value is -2.10. The molecule has 1 aromatic rings. The van der Waals surface area contributed by atoms with Gasteiger partial charge in [-0.05, 0) is 25.0 Å². The van der Waals surface area contributed by atoms with E-state index in [0.29, 0.717) is 12.0 Å². The maximum Gasteiger partial charge on any atom is 0.338 e. The van der Waals surface area contributed by atoms with Crippen LogP contribution in [0, 0.1) is 0 Å². The summed E-state index contributed by atoms with van der Waals surface area (Å²) in [5.41, 5.74) is 0.543. The quantitative estimate of drug-likeness (QED) is 0.431. The van der Waals surface area contributed by atoms with Crippen molar-refractivity contribution in [2.45, 2.75) is 19.3 Å². The first-order valence-electron chi connectivity index (χ1n) is 6.18. The van der Waals surface area contributed by atoms with Crippen molar-refractivity contribution in [1.29, 1.82) is 0 Å². The van der Waals surface area contributed by atoms with Gasteiger partial charge >= 0.3 is 11.9 Å². The van der Waals surface area contributed by atoms with E-state index in [4.69, 9.17) is 4.74 Å². The SMILES string of the molecule is COC(=O)CCCC=CCOC(=O)c1ccccc1. The molecule has 0 saturated heterocycles. The van der Waals surface area contributed by atoms with Crippen LogP contribution in [0.1, 0.15) is 29.6 Å². The third-order valence-corrected chi connectivity index (χ3v) is 2.47. The zero-order valence-electron chi connectivity index (χ0n) is 11.0. The number of methoxy groups -OCH3 is 1. The highest BCUT2D eigenvalue weighted by Gasteiger charge is 2.03. The number of carbonyl (C=O) groups is 2. The molecule has 19 heavy (non-hydrogen) atoms. The summed E-state index contributed by atoms with van der Waals surface area (Å²) in [5, 5.41) is 0. The van der Waals surface area contributed by atoms with Gasteiger partial charge in [0.1, 0.15) is 6.61 Å². The van der Waals surface area contributed by atoms with E-state index in [-0.39, 0.29) is 18.5 Å². The average molecular weight is 262 g/mol. The first-order chi connectivity index (χ1) is 9.24. The monoisotopic (exact) mass is 262 g/mol. The molecule has 0 spiro atoms. The Labute approximate surface area is 113 Å². The van der Waals surface area contributed by atoms with E-state index in [1.165, 1.54) is 7.11 Å². The highest BCUT2D eigenvalue weighted by atomic mass is 16.5. The molecule has 4 heteroatoms. The van der Waals surface area contributed by atoms with E-state index >= 15 is 0 Å². The summed E-state index contributed by atoms with van der Waals surface area (Å²) in [6, 6.07) is 8.85. The first-order valence-corrected chi connectivity index (χ1v) is 6.18. The summed E-state index contributed by atoms with van der Waals surface area (Å²) >= 11 is 0. The number of unbranched alkanes of at least 4 members (excludes halogenated alkanes) is 1. The minimum absolute atomic E-state index is 0.205. The molecule has 1 aromatic carbocycles. The van der Waals surface area contributed by atoms with Crippen molar-refractivity contribution in [3.8, 4) is 0 Å². The Kier molecular flexibility index (Phi) is 7.02. The average Bonchev–Trinajstić information content (AvgIpc) is 2.46. The second kappa shape index (κ2) is 8.91. The lowest BCUT2D eigenvalue weighted by atomic mass is 10.2. The Morgan fingerprint density at radius 3 is 2.58 bits per heavy atom. The van der Waals surface area contributed by atoms with Crippen molar-refractivity contribution in [1.82, 2.24) is 0 Å². The molecule has 1 rings (SSSR count). The molecular formula is C15H18O4. The van der Waals surface area contributed by atoms with Gasteiger partial charge < -0.3 is 9.47 Å². The summed E-state index contributed by atoms with van der Waals surface area (Å²) in [6.45, 7) is 0.242. The van der Waals surface area contributed by atoms with E-state index < -0.39 is 0 Å². The van der Waals surface area contributed by atoms with Crippen molar-refractivity contribution in [2.24, 2.45) is 0 Å². The molecular weight excluding hydrogens is 244 g/mol. The minimum Gasteiger partial charge on any atom is -0.469 e. The van der Waals surface area contributed by atoms with Crippen molar-refractivity contribution in [2.75, 3.05) is 13.7 Å². The van der Waals surface area contributed by atoms with E-state index in [2.05, 4.69) is 4.74 Å². The smallest absolute Gasteiger partial charge is 0.338 e. The van der Waals surface area contributed by atoms with Crippen LogP contribution in [0.2, 0.25) is 0 Å². The second-order valence-corrected chi connectivity index (χ2v) is 3.90. The molecule has 0 unspecified atom stereocenters. The number of carbonyl (C=O) groups excluding carboxylic acids is 2. The lowest BCUT2D eigenvalue weighted by Gasteiger charge is -2.01. The standard InChI is InChI=1S/C15H18O4/c1-18-14(16)11-7-2-3-8-12-19-15(17)13-9-5-4-6-10-13/h3-6,8-10H,2,7,11-12H2,1H3. The van der Waals surface area contributed by atoms with Crippen LogP contribution in [0.5, 0.6) is 0 Å². The number of benzene rings is 1. The van der Waals surface area contributed by atoms with Gasteiger partial charge in [0.05, 0.1) is 12.7 Å². The first kappa shape index (κ1) is 15.0. The number of hydrogen-bond acceptors (Lipinski definition) is 4. The number of ether oxygens (including phenoxy) is 2. The van der Waals surface area contributed by atoms with Crippen LogP contribution in [0.4, 0.5) is 0 Å². The predicted octanol–water partition coefficient (Wildman–Crippen LogP) is 2.74. The van der Waals surface area contributed by atoms with Crippen molar-refractivity contribution in [3.05, 3.63) is 48.0 Å². The predicted molar refractivity (Wildman–Crippen MR) is 71.7 cm³/mol. The summed E-state index contributed by atoms with van der Waals surface area (Å²) in [4.78, 5) is 22.4. The lowest BCUT2D eigenvalue weighted by molar-refractivity contribution is -0.140. The molecule has 102 valence electrons. The third kappa shape index (κ3) is 6.41. The van der Waals surface area contributed by atoms with Crippen LogP contribution < -0.4 is 0 Å². The maximum atomic E-state index is 11.5. The zero-order valence-corrected chi connectivity index (χ0v) is 11.0. The van der Waals surface area contributed by atoms with Crippen LogP contribution in [-0.4, -0.2) is 25.7 Å². The molecule has 4 nitrogen and oxygen atoms in total. The molecule has 0 aliphatic carbocycles. The molecule has 0 saturated carbocycles. The highest BCUT2D eigenvalue weighted by Crippen LogP contribution is 2.02. The summed E-state index contributed by atoms with van der Waals surface area (Å²) in [5.74, 6) is -0.538. The number of allylic oxidation sites excluding steroid dienone is 1. The lowest BCUT2D eigenvalue weighted by Crippen LogP contribution is -2.04. The Bertz CT molecular complexity index is 423. The molecule has 0 radical (unpaired) electrons. The zero-order chi connectivity index (χ0) is 13.9. The summed E-state index contributed by atoms with van der Waals surface area (Å²) in [6.07, 6.45) is 5.57. The number of hydrogen-bond donors (Lipinski definition) is 0. The number of rotatable bonds is 7. The van der Waals surface area contributed by atoms with E-state index in [1.54, 1.807) is 30.3 Å². The Morgan fingerprint density at radius 1 is 1.16 bits per heavy atom. The van der Waals surface area contributed by atoms with Gasteiger partial charge in [0.2, 0.25) is 0 Å². The molecule has 0 N–H and O–H groups in total. The fraction of sp³-hybridized carbons (Fsp3) is 0.333. The molecule has 0 fully saturated rings. The van der Waals surface area contributed by atoms with Gasteiger partial charge in [-0.2, -0.15) is 0 Å². The van der Waals surface area contributed by atoms with E-state index in [0.717, 1.165) is 12.8 Å². The molecule has 0 amide bonds. The van der Waals surface area contributed by atoms with Gasteiger partial charge in [-0.1, -0.05) is 30.4 Å². The molecule has 0 aliphatic rings. The molecule has 0 aliphatic heterocycles. The maximum absolute atomic E-state index is 11.5. The van der Waals surface area contributed by atoms with Gasteiger partial charge in [0.25, 0.3) is 0 Å². The molecule has 0 heterocycles. The van der Waals surface area contributed by atoms with Crippen molar-refractivity contribution >= 4 is 11.9 Å². The van der Waals surface area contributed by atoms with Gasteiger partial charge in [-0.3, -0.25) is 4.79 Å². The van der Waals surface area contributed by atoms with Crippen molar-refractivity contribution in [3.63, 3.8) is 0 Å². The van der Waals surface area contributed by atoms with Gasteiger partial charge in [0, 0.05) is 6.42 Å². The topological polar surface area (TPSA) is 52.6 Å². The molecule has 0 aromatic heterocycles. The minimum atomic E-state index is -0.334. The second-order valence-electron chi connectivity index (χ2n) is 3.90. The third-order valence-electron chi connectivity index (χ3n) is 2.47. The molecule has 0 bridgehead atoms. The number of esters is 2. The summed E-state index contributed by atoms with van der Waals surface area (Å²) in [7, 11) is 1.38. The van der Waals surface area contributed by atoms with Crippen LogP contribution in [0.15, 0.2) is 42.5 Å². The molecule has 0 atom stereocenters. The van der Waals surface area contributed by atoms with Crippen LogP contribution in [-0.2, 0) is 14.3 Å². The normalized spacial score (nSPS) is 10.4. The largest absolute Gasteiger partial charge is 0.469 e.